The van der Waals surface area contributed by atoms with Gasteiger partial charge in [0.05, 0.1) is 26.9 Å². The Labute approximate surface area is 111 Å². The van der Waals surface area contributed by atoms with Crippen LogP contribution >= 0.6 is 0 Å². The molecule has 6 nitrogen and oxygen atoms in total. The molecule has 0 aliphatic carbocycles. The molecule has 19 heavy (non-hydrogen) atoms. The molecule has 2 rings (SSSR count). The Bertz CT molecular complexity index is 587. The van der Waals surface area contributed by atoms with Crippen molar-refractivity contribution >= 4 is 5.82 Å². The number of aromatic nitrogens is 2. The second kappa shape index (κ2) is 5.43. The number of hydrogen-bond donors (Lipinski definition) is 1. The minimum Gasteiger partial charge on any atom is -0.493 e. The van der Waals surface area contributed by atoms with Gasteiger partial charge in [-0.15, -0.1) is 0 Å². The Morgan fingerprint density at radius 3 is 2.32 bits per heavy atom. The van der Waals surface area contributed by atoms with E-state index in [-0.39, 0.29) is 5.82 Å². The van der Waals surface area contributed by atoms with Crippen LogP contribution in [0.25, 0.3) is 11.3 Å². The molecule has 0 bridgehead atoms. The molecular weight excluding hydrogens is 246 g/mol. The van der Waals surface area contributed by atoms with Gasteiger partial charge in [0.1, 0.15) is 12.0 Å². The maximum atomic E-state index is 5.78. The summed E-state index contributed by atoms with van der Waals surface area (Å²) in [6.45, 7) is 0. The van der Waals surface area contributed by atoms with Crippen LogP contribution in [0.1, 0.15) is 0 Å². The van der Waals surface area contributed by atoms with Crippen molar-refractivity contribution in [3.05, 3.63) is 24.5 Å². The molecule has 0 spiro atoms. The maximum Gasteiger partial charge on any atom is 0.187 e. The summed E-state index contributed by atoms with van der Waals surface area (Å²) in [5.41, 5.74) is 7.07. The van der Waals surface area contributed by atoms with Crippen LogP contribution in [0.15, 0.2) is 24.5 Å². The summed E-state index contributed by atoms with van der Waals surface area (Å²) in [6.07, 6.45) is 1.38. The highest BCUT2D eigenvalue weighted by molar-refractivity contribution is 5.78. The van der Waals surface area contributed by atoms with E-state index in [1.165, 1.54) is 13.4 Å². The number of ether oxygens (including phenoxy) is 3. The summed E-state index contributed by atoms with van der Waals surface area (Å²) in [4.78, 5) is 8.12. The van der Waals surface area contributed by atoms with Crippen LogP contribution < -0.4 is 19.9 Å². The first-order valence-electron chi connectivity index (χ1n) is 5.58. The van der Waals surface area contributed by atoms with E-state index in [1.807, 2.05) is 12.1 Å². The van der Waals surface area contributed by atoms with Gasteiger partial charge in [-0.1, -0.05) is 6.07 Å². The average Bonchev–Trinajstić information content (AvgIpc) is 2.45. The molecule has 0 unspecified atom stereocenters. The largest absolute Gasteiger partial charge is 0.493 e. The molecule has 0 atom stereocenters. The van der Waals surface area contributed by atoms with E-state index in [2.05, 4.69) is 9.97 Å². The van der Waals surface area contributed by atoms with Gasteiger partial charge in [0.15, 0.2) is 23.1 Å². The minimum absolute atomic E-state index is 0.275. The highest BCUT2D eigenvalue weighted by atomic mass is 16.5. The molecule has 0 saturated heterocycles. The highest BCUT2D eigenvalue weighted by Crippen LogP contribution is 2.41. The summed E-state index contributed by atoms with van der Waals surface area (Å²) in [5.74, 6) is 1.87. The third-order valence-corrected chi connectivity index (χ3v) is 2.69. The molecule has 1 aromatic carbocycles. The standard InChI is InChI=1S/C13H15N3O3/c1-17-9-6-4-5-8(11(9)18-2)10-12(19-3)13(14)16-7-15-10/h4-7H,1-3H3,(H2,14,15,16). The lowest BCUT2D eigenvalue weighted by Crippen LogP contribution is -2.01. The van der Waals surface area contributed by atoms with Crippen molar-refractivity contribution in [3.8, 4) is 28.5 Å². The predicted octanol–water partition coefficient (Wildman–Crippen LogP) is 1.75. The Kier molecular flexibility index (Phi) is 3.70. The fourth-order valence-electron chi connectivity index (χ4n) is 1.85. The van der Waals surface area contributed by atoms with Gasteiger partial charge < -0.3 is 19.9 Å². The van der Waals surface area contributed by atoms with Crippen LogP contribution in [0.3, 0.4) is 0 Å². The Balaban J connectivity index is 2.68. The van der Waals surface area contributed by atoms with E-state index in [0.29, 0.717) is 22.9 Å². The van der Waals surface area contributed by atoms with Crippen molar-refractivity contribution in [1.29, 1.82) is 0 Å². The predicted molar refractivity (Wildman–Crippen MR) is 71.5 cm³/mol. The molecule has 0 aliphatic heterocycles. The van der Waals surface area contributed by atoms with E-state index in [0.717, 1.165) is 5.56 Å². The molecule has 100 valence electrons. The Morgan fingerprint density at radius 2 is 1.68 bits per heavy atom. The molecule has 6 heteroatoms. The first kappa shape index (κ1) is 12.9. The smallest absolute Gasteiger partial charge is 0.187 e. The van der Waals surface area contributed by atoms with Crippen molar-refractivity contribution in [2.45, 2.75) is 0 Å². The van der Waals surface area contributed by atoms with Crippen molar-refractivity contribution in [2.24, 2.45) is 0 Å². The lowest BCUT2D eigenvalue weighted by Gasteiger charge is -2.14. The number of methoxy groups -OCH3 is 3. The molecule has 1 heterocycles. The number of nitrogens with zero attached hydrogens (tertiary/aromatic N) is 2. The topological polar surface area (TPSA) is 79.5 Å². The van der Waals surface area contributed by atoms with Crippen LogP contribution in [0.4, 0.5) is 5.82 Å². The van der Waals surface area contributed by atoms with E-state index in [4.69, 9.17) is 19.9 Å². The van der Waals surface area contributed by atoms with Crippen LogP contribution in [-0.2, 0) is 0 Å². The molecular formula is C13H15N3O3. The molecule has 0 radical (unpaired) electrons. The van der Waals surface area contributed by atoms with Gasteiger partial charge in [0, 0.05) is 0 Å². The van der Waals surface area contributed by atoms with E-state index < -0.39 is 0 Å². The Hall–Kier alpha value is -2.50. The fourth-order valence-corrected chi connectivity index (χ4v) is 1.85. The number of nitrogen functional groups attached to an aromatic ring is 1. The van der Waals surface area contributed by atoms with Gasteiger partial charge in [-0.2, -0.15) is 0 Å². The van der Waals surface area contributed by atoms with E-state index >= 15 is 0 Å². The van der Waals surface area contributed by atoms with Crippen molar-refractivity contribution in [3.63, 3.8) is 0 Å². The number of anilines is 1. The van der Waals surface area contributed by atoms with Crippen LogP contribution in [-0.4, -0.2) is 31.3 Å². The zero-order chi connectivity index (χ0) is 13.8. The first-order chi connectivity index (χ1) is 9.22. The number of para-hydroxylation sites is 1. The van der Waals surface area contributed by atoms with Crippen LogP contribution in [0.2, 0.25) is 0 Å². The molecule has 0 aliphatic rings. The molecule has 0 amide bonds. The van der Waals surface area contributed by atoms with Crippen molar-refractivity contribution in [2.75, 3.05) is 27.1 Å². The first-order valence-corrected chi connectivity index (χ1v) is 5.58. The SMILES string of the molecule is COc1cccc(-c2ncnc(N)c2OC)c1OC. The van der Waals surface area contributed by atoms with Crippen molar-refractivity contribution in [1.82, 2.24) is 9.97 Å². The molecule has 1 aromatic heterocycles. The third-order valence-electron chi connectivity index (χ3n) is 2.69. The van der Waals surface area contributed by atoms with Crippen molar-refractivity contribution < 1.29 is 14.2 Å². The summed E-state index contributed by atoms with van der Waals surface area (Å²) in [5, 5.41) is 0. The monoisotopic (exact) mass is 261 g/mol. The fraction of sp³-hybridized carbons (Fsp3) is 0.231. The molecule has 0 fully saturated rings. The minimum atomic E-state index is 0.275. The quantitative estimate of drug-likeness (QED) is 0.903. The average molecular weight is 261 g/mol. The number of rotatable bonds is 4. The molecule has 0 saturated carbocycles. The lowest BCUT2D eigenvalue weighted by molar-refractivity contribution is 0.355. The van der Waals surface area contributed by atoms with E-state index in [1.54, 1.807) is 20.3 Å². The van der Waals surface area contributed by atoms with Gasteiger partial charge in [-0.05, 0) is 12.1 Å². The summed E-state index contributed by atoms with van der Waals surface area (Å²) in [7, 11) is 4.66. The maximum absolute atomic E-state index is 5.78. The summed E-state index contributed by atoms with van der Waals surface area (Å²) in [6, 6.07) is 5.50. The zero-order valence-corrected chi connectivity index (χ0v) is 11.0. The lowest BCUT2D eigenvalue weighted by atomic mass is 10.1. The highest BCUT2D eigenvalue weighted by Gasteiger charge is 2.18. The van der Waals surface area contributed by atoms with Gasteiger partial charge in [-0.3, -0.25) is 0 Å². The van der Waals surface area contributed by atoms with Gasteiger partial charge in [0.25, 0.3) is 0 Å². The number of nitrogens with two attached hydrogens (primary N) is 1. The summed E-state index contributed by atoms with van der Waals surface area (Å²) >= 11 is 0. The summed E-state index contributed by atoms with van der Waals surface area (Å²) < 4.78 is 15.9. The van der Waals surface area contributed by atoms with Gasteiger partial charge in [0.2, 0.25) is 0 Å². The molecule has 2 aromatic rings. The van der Waals surface area contributed by atoms with Gasteiger partial charge >= 0.3 is 0 Å². The second-order valence-corrected chi connectivity index (χ2v) is 3.68. The zero-order valence-electron chi connectivity index (χ0n) is 11.0. The van der Waals surface area contributed by atoms with E-state index in [9.17, 15) is 0 Å². The Morgan fingerprint density at radius 1 is 0.947 bits per heavy atom. The second-order valence-electron chi connectivity index (χ2n) is 3.68. The number of benzene rings is 1. The molecule has 2 N–H and O–H groups in total. The van der Waals surface area contributed by atoms with Crippen LogP contribution in [0, 0.1) is 0 Å². The van der Waals surface area contributed by atoms with Crippen LogP contribution in [0.5, 0.6) is 17.2 Å². The normalized spacial score (nSPS) is 10.1. The third kappa shape index (κ3) is 2.24. The van der Waals surface area contributed by atoms with Gasteiger partial charge in [-0.25, -0.2) is 9.97 Å². The number of hydrogen-bond acceptors (Lipinski definition) is 6.